The molecule has 0 atom stereocenters. The number of nitrogens with zero attached hydrogens (tertiary/aromatic N) is 4. The van der Waals surface area contributed by atoms with Crippen molar-refractivity contribution in [3.63, 3.8) is 0 Å². The van der Waals surface area contributed by atoms with Gasteiger partial charge in [-0.15, -0.1) is 0 Å². The van der Waals surface area contributed by atoms with Crippen molar-refractivity contribution in [3.8, 4) is 5.75 Å². The molecule has 26 heavy (non-hydrogen) atoms. The third-order valence-electron chi connectivity index (χ3n) is 3.75. The molecular formula is C18H17N5O3. The number of hydrogen-bond acceptors (Lipinski definition) is 6. The molecule has 3 aromatic rings. The SMILES string of the molecule is C/C(=N\C(N)=N\c1nc(C)c2ccc(C)cc2n1)c1c(O)ccoc1=O. The first kappa shape index (κ1) is 17.3. The first-order chi connectivity index (χ1) is 12.3. The number of aromatic nitrogens is 2. The van der Waals surface area contributed by atoms with Crippen LogP contribution < -0.4 is 11.4 Å². The van der Waals surface area contributed by atoms with Crippen LogP contribution in [0.4, 0.5) is 5.95 Å². The third kappa shape index (κ3) is 3.44. The van der Waals surface area contributed by atoms with Gasteiger partial charge in [-0.25, -0.2) is 19.8 Å². The van der Waals surface area contributed by atoms with E-state index >= 15 is 0 Å². The van der Waals surface area contributed by atoms with E-state index in [1.54, 1.807) is 0 Å². The Hall–Kier alpha value is -3.55. The molecule has 132 valence electrons. The Kier molecular flexibility index (Phi) is 4.49. The van der Waals surface area contributed by atoms with Crippen molar-refractivity contribution in [2.24, 2.45) is 15.7 Å². The predicted molar refractivity (Wildman–Crippen MR) is 99.1 cm³/mol. The molecule has 0 bridgehead atoms. The Morgan fingerprint density at radius 3 is 2.73 bits per heavy atom. The Morgan fingerprint density at radius 1 is 1.23 bits per heavy atom. The predicted octanol–water partition coefficient (Wildman–Crippen LogP) is 2.36. The summed E-state index contributed by atoms with van der Waals surface area (Å²) in [5.41, 5.74) is 7.81. The summed E-state index contributed by atoms with van der Waals surface area (Å²) in [6, 6.07) is 7.13. The topological polar surface area (TPSA) is 127 Å². The van der Waals surface area contributed by atoms with E-state index in [1.807, 2.05) is 32.0 Å². The average molecular weight is 351 g/mol. The average Bonchev–Trinajstić information content (AvgIpc) is 2.53. The molecule has 8 nitrogen and oxygen atoms in total. The van der Waals surface area contributed by atoms with E-state index < -0.39 is 5.63 Å². The number of benzene rings is 1. The van der Waals surface area contributed by atoms with Crippen molar-refractivity contribution < 1.29 is 9.52 Å². The Morgan fingerprint density at radius 2 is 2.00 bits per heavy atom. The quantitative estimate of drug-likeness (QED) is 0.539. The minimum absolute atomic E-state index is 0.0723. The lowest BCUT2D eigenvalue weighted by Crippen LogP contribution is -2.16. The highest BCUT2D eigenvalue weighted by atomic mass is 16.4. The maximum absolute atomic E-state index is 11.7. The normalized spacial score (nSPS) is 12.6. The molecular weight excluding hydrogens is 334 g/mol. The van der Waals surface area contributed by atoms with Crippen LogP contribution in [0, 0.1) is 13.8 Å². The minimum Gasteiger partial charge on any atom is -0.507 e. The second kappa shape index (κ2) is 6.75. The highest BCUT2D eigenvalue weighted by molar-refractivity contribution is 6.06. The van der Waals surface area contributed by atoms with E-state index in [1.165, 1.54) is 13.0 Å². The van der Waals surface area contributed by atoms with Crippen LogP contribution in [0.2, 0.25) is 0 Å². The summed E-state index contributed by atoms with van der Waals surface area (Å²) >= 11 is 0. The lowest BCUT2D eigenvalue weighted by Gasteiger charge is -2.04. The molecule has 8 heteroatoms. The Labute approximate surface area is 148 Å². The van der Waals surface area contributed by atoms with Crippen molar-refractivity contribution in [3.05, 3.63) is 57.8 Å². The third-order valence-corrected chi connectivity index (χ3v) is 3.75. The van der Waals surface area contributed by atoms with Gasteiger partial charge in [0.1, 0.15) is 11.3 Å². The maximum Gasteiger partial charge on any atom is 0.348 e. The van der Waals surface area contributed by atoms with Crippen LogP contribution in [0.1, 0.15) is 23.7 Å². The first-order valence-electron chi connectivity index (χ1n) is 7.81. The van der Waals surface area contributed by atoms with Gasteiger partial charge in [-0.2, -0.15) is 4.99 Å². The van der Waals surface area contributed by atoms with Gasteiger partial charge in [0.05, 0.1) is 23.2 Å². The molecule has 3 rings (SSSR count). The molecule has 0 radical (unpaired) electrons. The Balaban J connectivity index is 2.02. The molecule has 0 amide bonds. The van der Waals surface area contributed by atoms with E-state index in [4.69, 9.17) is 10.2 Å². The second-order valence-corrected chi connectivity index (χ2v) is 5.77. The van der Waals surface area contributed by atoms with Gasteiger partial charge in [0, 0.05) is 11.5 Å². The number of rotatable bonds is 2. The molecule has 1 aromatic carbocycles. The largest absolute Gasteiger partial charge is 0.507 e. The Bertz CT molecular complexity index is 1120. The molecule has 0 saturated heterocycles. The van der Waals surface area contributed by atoms with Crippen molar-refractivity contribution in [2.75, 3.05) is 0 Å². The number of hydrogen-bond donors (Lipinski definition) is 2. The summed E-state index contributed by atoms with van der Waals surface area (Å²) in [5.74, 6) is -0.223. The van der Waals surface area contributed by atoms with E-state index in [-0.39, 0.29) is 28.9 Å². The van der Waals surface area contributed by atoms with Crippen molar-refractivity contribution >= 4 is 28.5 Å². The minimum atomic E-state index is -0.715. The molecule has 0 spiro atoms. The first-order valence-corrected chi connectivity index (χ1v) is 7.81. The summed E-state index contributed by atoms with van der Waals surface area (Å²) in [6.45, 7) is 5.35. The summed E-state index contributed by atoms with van der Waals surface area (Å²) in [4.78, 5) is 28.5. The van der Waals surface area contributed by atoms with Crippen molar-refractivity contribution in [1.29, 1.82) is 0 Å². The molecule has 0 aliphatic carbocycles. The molecule has 0 aliphatic rings. The smallest absolute Gasteiger partial charge is 0.348 e. The molecule has 2 heterocycles. The van der Waals surface area contributed by atoms with E-state index in [2.05, 4.69) is 20.0 Å². The number of nitrogens with two attached hydrogens (primary N) is 1. The fraction of sp³-hybridized carbons (Fsp3) is 0.167. The number of fused-ring (bicyclic) bond motifs is 1. The highest BCUT2D eigenvalue weighted by Crippen LogP contribution is 2.20. The number of aromatic hydroxyl groups is 1. The molecule has 2 aromatic heterocycles. The second-order valence-electron chi connectivity index (χ2n) is 5.77. The van der Waals surface area contributed by atoms with Crippen LogP contribution in [-0.4, -0.2) is 26.7 Å². The van der Waals surface area contributed by atoms with Crippen LogP contribution in [0.5, 0.6) is 5.75 Å². The summed E-state index contributed by atoms with van der Waals surface area (Å²) in [6.07, 6.45) is 1.10. The molecule has 3 N–H and O–H groups in total. The van der Waals surface area contributed by atoms with Crippen LogP contribution in [0.3, 0.4) is 0 Å². The molecule has 0 saturated carbocycles. The fourth-order valence-corrected chi connectivity index (χ4v) is 2.53. The number of aliphatic imine (C=N–C) groups is 2. The van der Waals surface area contributed by atoms with Gasteiger partial charge in [0.15, 0.2) is 0 Å². The molecule has 0 unspecified atom stereocenters. The van der Waals surface area contributed by atoms with Crippen LogP contribution in [0.15, 0.2) is 49.7 Å². The lowest BCUT2D eigenvalue weighted by atomic mass is 10.1. The van der Waals surface area contributed by atoms with E-state index in [0.717, 1.165) is 28.4 Å². The zero-order valence-corrected chi connectivity index (χ0v) is 14.5. The van der Waals surface area contributed by atoms with Gasteiger partial charge in [0.25, 0.3) is 5.95 Å². The van der Waals surface area contributed by atoms with Crippen LogP contribution in [-0.2, 0) is 0 Å². The zero-order valence-electron chi connectivity index (χ0n) is 14.5. The van der Waals surface area contributed by atoms with Crippen LogP contribution >= 0.6 is 0 Å². The summed E-state index contributed by atoms with van der Waals surface area (Å²) < 4.78 is 4.73. The van der Waals surface area contributed by atoms with Gasteiger partial charge in [-0.1, -0.05) is 12.1 Å². The van der Waals surface area contributed by atoms with Crippen LogP contribution in [0.25, 0.3) is 10.9 Å². The van der Waals surface area contributed by atoms with Gasteiger partial charge < -0.3 is 15.3 Å². The summed E-state index contributed by atoms with van der Waals surface area (Å²) in [5, 5.41) is 10.7. The van der Waals surface area contributed by atoms with Crippen molar-refractivity contribution in [2.45, 2.75) is 20.8 Å². The fourth-order valence-electron chi connectivity index (χ4n) is 2.53. The van der Waals surface area contributed by atoms with Gasteiger partial charge in [0.2, 0.25) is 5.96 Å². The number of aryl methyl sites for hydroxylation is 2. The monoisotopic (exact) mass is 351 g/mol. The zero-order chi connectivity index (χ0) is 18.8. The van der Waals surface area contributed by atoms with E-state index in [0.29, 0.717) is 0 Å². The van der Waals surface area contributed by atoms with Gasteiger partial charge >= 0.3 is 5.63 Å². The number of guanidine groups is 1. The maximum atomic E-state index is 11.7. The van der Waals surface area contributed by atoms with Gasteiger partial charge in [-0.3, -0.25) is 0 Å². The lowest BCUT2D eigenvalue weighted by molar-refractivity contribution is 0.445. The van der Waals surface area contributed by atoms with Gasteiger partial charge in [-0.05, 0) is 32.4 Å². The molecule has 0 fully saturated rings. The summed E-state index contributed by atoms with van der Waals surface area (Å²) in [7, 11) is 0. The van der Waals surface area contributed by atoms with Crippen molar-refractivity contribution in [1.82, 2.24) is 9.97 Å². The van der Waals surface area contributed by atoms with E-state index in [9.17, 15) is 9.90 Å². The molecule has 0 aliphatic heterocycles. The standard InChI is InChI=1S/C18H17N5O3/c1-9-4-5-12-10(2)21-18(22-13(12)8-9)23-17(19)20-11(3)15-14(24)6-7-26-16(15)25/h4-8,24H,1-3H3,(H2,19,21,22,23)/b20-11+. The highest BCUT2D eigenvalue weighted by Gasteiger charge is 2.12.